The van der Waals surface area contributed by atoms with Crippen LogP contribution in [-0.4, -0.2) is 31.7 Å². The maximum absolute atomic E-state index is 12.7. The quantitative estimate of drug-likeness (QED) is 0.690. The molecule has 0 saturated heterocycles. The molecule has 1 aliphatic heterocycles. The van der Waals surface area contributed by atoms with E-state index in [0.29, 0.717) is 23.0 Å². The van der Waals surface area contributed by atoms with Gasteiger partial charge in [-0.3, -0.25) is 9.59 Å². The third-order valence-corrected chi connectivity index (χ3v) is 8.01. The molecule has 0 radical (unpaired) electrons. The summed E-state index contributed by atoms with van der Waals surface area (Å²) in [5.41, 5.74) is 2.31. The lowest BCUT2D eigenvalue weighted by molar-refractivity contribution is -0.118. The highest BCUT2D eigenvalue weighted by molar-refractivity contribution is 7.99. The summed E-state index contributed by atoms with van der Waals surface area (Å²) in [6.07, 6.45) is -0.149. The molecule has 8 heteroatoms. The zero-order chi connectivity index (χ0) is 21.9. The molecule has 2 aromatic rings. The zero-order valence-electron chi connectivity index (χ0n) is 17.3. The van der Waals surface area contributed by atoms with Gasteiger partial charge in [0.05, 0.1) is 16.3 Å². The summed E-state index contributed by atoms with van der Waals surface area (Å²) in [6, 6.07) is 12.2. The summed E-state index contributed by atoms with van der Waals surface area (Å²) in [5, 5.41) is 5.53. The normalized spacial score (nSPS) is 16.5. The van der Waals surface area contributed by atoms with Crippen LogP contribution < -0.4 is 10.6 Å². The molecule has 1 aliphatic rings. The highest BCUT2D eigenvalue weighted by Gasteiger charge is 2.23. The highest BCUT2D eigenvalue weighted by atomic mass is 32.2. The zero-order valence-corrected chi connectivity index (χ0v) is 18.9. The summed E-state index contributed by atoms with van der Waals surface area (Å²) in [4.78, 5) is 25.2. The fourth-order valence-electron chi connectivity index (χ4n) is 2.99. The minimum absolute atomic E-state index is 0.103. The van der Waals surface area contributed by atoms with Gasteiger partial charge in [-0.15, -0.1) is 11.8 Å². The molecule has 0 spiro atoms. The van der Waals surface area contributed by atoms with Crippen molar-refractivity contribution in [2.24, 2.45) is 5.92 Å². The van der Waals surface area contributed by atoms with Crippen molar-refractivity contribution in [3.8, 4) is 0 Å². The molecule has 6 nitrogen and oxygen atoms in total. The Morgan fingerprint density at radius 2 is 1.90 bits per heavy atom. The molecule has 2 N–H and O–H groups in total. The number of thioether (sulfide) groups is 1. The van der Waals surface area contributed by atoms with Crippen molar-refractivity contribution in [3.05, 3.63) is 48.0 Å². The van der Waals surface area contributed by atoms with E-state index in [9.17, 15) is 18.0 Å². The van der Waals surface area contributed by atoms with Gasteiger partial charge in [-0.25, -0.2) is 8.42 Å². The number of hydrogen-bond acceptors (Lipinski definition) is 5. The van der Waals surface area contributed by atoms with Crippen molar-refractivity contribution in [3.63, 3.8) is 0 Å². The summed E-state index contributed by atoms with van der Waals surface area (Å²) >= 11 is 1.52. The van der Waals surface area contributed by atoms with E-state index in [2.05, 4.69) is 24.5 Å². The van der Waals surface area contributed by atoms with Crippen molar-refractivity contribution in [2.45, 2.75) is 42.9 Å². The Morgan fingerprint density at radius 3 is 2.57 bits per heavy atom. The molecule has 0 aliphatic carbocycles. The van der Waals surface area contributed by atoms with Crippen LogP contribution in [0.4, 0.5) is 11.4 Å². The molecule has 0 aromatic heterocycles. The number of anilines is 2. The average Bonchev–Trinajstić information content (AvgIpc) is 2.85. The van der Waals surface area contributed by atoms with Crippen LogP contribution in [0.3, 0.4) is 0 Å². The summed E-state index contributed by atoms with van der Waals surface area (Å²) in [7, 11) is -3.66. The van der Waals surface area contributed by atoms with Crippen molar-refractivity contribution in [1.29, 1.82) is 0 Å². The summed E-state index contributed by atoms with van der Waals surface area (Å²) < 4.78 is 25.5. The van der Waals surface area contributed by atoms with Gasteiger partial charge in [-0.2, -0.15) is 0 Å². The summed E-state index contributed by atoms with van der Waals surface area (Å²) in [5.74, 6) is 0.0950. The number of hydrogen-bond donors (Lipinski definition) is 2. The lowest BCUT2D eigenvalue weighted by Crippen LogP contribution is -2.20. The topological polar surface area (TPSA) is 92.3 Å². The van der Waals surface area contributed by atoms with Crippen molar-refractivity contribution in [1.82, 2.24) is 0 Å². The first-order chi connectivity index (χ1) is 14.2. The molecule has 1 atom stereocenters. The van der Waals surface area contributed by atoms with E-state index in [1.807, 2.05) is 31.2 Å². The van der Waals surface area contributed by atoms with E-state index in [1.54, 1.807) is 6.07 Å². The van der Waals surface area contributed by atoms with Gasteiger partial charge in [0, 0.05) is 28.7 Å². The third-order valence-electron chi connectivity index (χ3n) is 4.96. The molecule has 2 amide bonds. The second-order valence-electron chi connectivity index (χ2n) is 7.75. The molecule has 0 unspecified atom stereocenters. The molecule has 2 aromatic carbocycles. The van der Waals surface area contributed by atoms with E-state index in [-0.39, 0.29) is 34.8 Å². The minimum atomic E-state index is -3.66. The van der Waals surface area contributed by atoms with Crippen LogP contribution in [0.2, 0.25) is 0 Å². The monoisotopic (exact) mass is 446 g/mol. The van der Waals surface area contributed by atoms with Crippen LogP contribution in [0, 0.1) is 5.92 Å². The predicted molar refractivity (Wildman–Crippen MR) is 121 cm³/mol. The average molecular weight is 447 g/mol. The van der Waals surface area contributed by atoms with E-state index in [4.69, 9.17) is 0 Å². The predicted octanol–water partition coefficient (Wildman–Crippen LogP) is 4.29. The maximum atomic E-state index is 12.7. The molecular formula is C22H26N2O4S2. The van der Waals surface area contributed by atoms with Gasteiger partial charge in [0.25, 0.3) is 0 Å². The first kappa shape index (κ1) is 22.4. The Kier molecular flexibility index (Phi) is 6.88. The van der Waals surface area contributed by atoms with Gasteiger partial charge < -0.3 is 10.6 Å². The number of carbonyl (C=O) groups is 2. The van der Waals surface area contributed by atoms with Crippen molar-refractivity contribution < 1.29 is 18.0 Å². The maximum Gasteiger partial charge on any atom is 0.228 e. The van der Waals surface area contributed by atoms with Gasteiger partial charge in [-0.05, 0) is 41.8 Å². The molecule has 3 rings (SSSR count). The van der Waals surface area contributed by atoms with E-state index >= 15 is 0 Å². The smallest absolute Gasteiger partial charge is 0.228 e. The van der Waals surface area contributed by atoms with Gasteiger partial charge in [0.2, 0.25) is 11.8 Å². The van der Waals surface area contributed by atoms with Crippen LogP contribution in [0.1, 0.15) is 38.7 Å². The van der Waals surface area contributed by atoms with E-state index in [1.165, 1.54) is 29.5 Å². The van der Waals surface area contributed by atoms with Crippen LogP contribution in [-0.2, 0) is 19.4 Å². The van der Waals surface area contributed by atoms with Crippen LogP contribution in [0.5, 0.6) is 0 Å². The second-order valence-corrected chi connectivity index (χ2v) is 10.9. The Morgan fingerprint density at radius 1 is 1.20 bits per heavy atom. The van der Waals surface area contributed by atoms with Gasteiger partial charge in [0.1, 0.15) is 0 Å². The van der Waals surface area contributed by atoms with Gasteiger partial charge in [-0.1, -0.05) is 32.9 Å². The number of nitrogens with one attached hydrogen (secondary N) is 2. The van der Waals surface area contributed by atoms with Crippen LogP contribution in [0.25, 0.3) is 0 Å². The molecule has 0 saturated carbocycles. The number of rotatable bonds is 6. The SMILES string of the molecule is CC(C)c1ccc(NC(=O)CCS(=O)(=O)c2ccc3c(c2)NC(=O)[C@@H](C)CS3)cc1. The molecule has 0 bridgehead atoms. The van der Waals surface area contributed by atoms with Gasteiger partial charge >= 0.3 is 0 Å². The Bertz CT molecular complexity index is 1050. The Labute approximate surface area is 181 Å². The molecule has 160 valence electrons. The second kappa shape index (κ2) is 9.22. The van der Waals surface area contributed by atoms with Crippen molar-refractivity contribution >= 4 is 44.8 Å². The standard InChI is InChI=1S/C22H26N2O4S2/c1-14(2)16-4-6-17(7-5-16)23-21(25)10-11-30(27,28)18-8-9-20-19(12-18)24-22(26)15(3)13-29-20/h4-9,12,14-15H,10-11,13H2,1-3H3,(H,23,25)(H,24,26)/t15-/m0/s1. The third kappa shape index (κ3) is 5.43. The molecular weight excluding hydrogens is 420 g/mol. The lowest BCUT2D eigenvalue weighted by Gasteiger charge is -2.11. The molecule has 1 heterocycles. The first-order valence-corrected chi connectivity index (χ1v) is 12.5. The number of sulfone groups is 1. The first-order valence-electron chi connectivity index (χ1n) is 9.86. The van der Waals surface area contributed by atoms with Gasteiger partial charge in [0.15, 0.2) is 9.84 Å². The van der Waals surface area contributed by atoms with E-state index in [0.717, 1.165) is 4.90 Å². The van der Waals surface area contributed by atoms with Crippen molar-refractivity contribution in [2.75, 3.05) is 22.1 Å². The minimum Gasteiger partial charge on any atom is -0.326 e. The molecule has 0 fully saturated rings. The fraction of sp³-hybridized carbons (Fsp3) is 0.364. The molecule has 30 heavy (non-hydrogen) atoms. The number of benzene rings is 2. The fourth-order valence-corrected chi connectivity index (χ4v) is 5.27. The largest absolute Gasteiger partial charge is 0.326 e. The lowest BCUT2D eigenvalue weighted by atomic mass is 10.0. The van der Waals surface area contributed by atoms with Crippen LogP contribution in [0.15, 0.2) is 52.3 Å². The van der Waals surface area contributed by atoms with Crippen LogP contribution >= 0.6 is 11.8 Å². The summed E-state index contributed by atoms with van der Waals surface area (Å²) in [6.45, 7) is 6.01. The van der Waals surface area contributed by atoms with E-state index < -0.39 is 9.84 Å². The highest BCUT2D eigenvalue weighted by Crippen LogP contribution is 2.34. The Hall–Kier alpha value is -2.32. The Balaban J connectivity index is 1.64. The number of carbonyl (C=O) groups excluding carboxylic acids is 2. The number of fused-ring (bicyclic) bond motifs is 1. The number of amides is 2.